The summed E-state index contributed by atoms with van der Waals surface area (Å²) < 4.78 is 22.3. The first-order chi connectivity index (χ1) is 5.15. The molecule has 1 N–H and O–H groups in total. The molecule has 1 fully saturated rings. The highest BCUT2D eigenvalue weighted by atomic mass is 19.1. The van der Waals surface area contributed by atoms with E-state index in [1.54, 1.807) is 6.92 Å². The Morgan fingerprint density at radius 2 is 2.27 bits per heavy atom. The second-order valence-electron chi connectivity index (χ2n) is 2.80. The molecule has 4 atom stereocenters. The average molecular weight is 164 g/mol. The minimum atomic E-state index is -1.61. The average Bonchev–Trinajstić information content (AvgIpc) is 1.96. The molecule has 0 aromatic heterocycles. The summed E-state index contributed by atoms with van der Waals surface area (Å²) in [7, 11) is 1.46. The van der Waals surface area contributed by atoms with Crippen molar-refractivity contribution in [1.82, 2.24) is 0 Å². The Labute approximate surface area is 65.1 Å². The van der Waals surface area contributed by atoms with E-state index in [-0.39, 0.29) is 6.10 Å². The first-order valence-corrected chi connectivity index (χ1v) is 3.65. The summed E-state index contributed by atoms with van der Waals surface area (Å²) in [6.07, 6.45) is -2.83. The fourth-order valence-electron chi connectivity index (χ4n) is 1.23. The monoisotopic (exact) mass is 164 g/mol. The molecule has 1 aliphatic heterocycles. The van der Waals surface area contributed by atoms with Crippen LogP contribution in [0.4, 0.5) is 4.39 Å². The van der Waals surface area contributed by atoms with E-state index in [1.165, 1.54) is 7.11 Å². The number of hydrogen-bond acceptors (Lipinski definition) is 3. The van der Waals surface area contributed by atoms with E-state index >= 15 is 0 Å². The van der Waals surface area contributed by atoms with Gasteiger partial charge in [0.05, 0.1) is 12.2 Å². The van der Waals surface area contributed by atoms with E-state index in [0.717, 1.165) is 0 Å². The molecule has 1 saturated heterocycles. The van der Waals surface area contributed by atoms with Gasteiger partial charge in [-0.3, -0.25) is 0 Å². The summed E-state index contributed by atoms with van der Waals surface area (Å²) in [5, 5.41) is 9.13. The van der Waals surface area contributed by atoms with Gasteiger partial charge < -0.3 is 14.6 Å². The maximum Gasteiger partial charge on any atom is 0.227 e. The zero-order chi connectivity index (χ0) is 8.43. The number of halogens is 1. The maximum absolute atomic E-state index is 12.7. The number of aliphatic hydroxyl groups excluding tert-OH is 1. The van der Waals surface area contributed by atoms with Gasteiger partial charge >= 0.3 is 0 Å². The molecule has 1 rings (SSSR count). The lowest BCUT2D eigenvalue weighted by molar-refractivity contribution is -0.216. The molecule has 0 aromatic carbocycles. The summed E-state index contributed by atoms with van der Waals surface area (Å²) >= 11 is 0. The molecule has 11 heavy (non-hydrogen) atoms. The van der Waals surface area contributed by atoms with Crippen molar-refractivity contribution in [2.45, 2.75) is 38.0 Å². The predicted molar refractivity (Wildman–Crippen MR) is 36.9 cm³/mol. The van der Waals surface area contributed by atoms with Crippen molar-refractivity contribution < 1.29 is 19.0 Å². The van der Waals surface area contributed by atoms with Crippen LogP contribution in [0.15, 0.2) is 0 Å². The second kappa shape index (κ2) is 3.47. The third-order valence-electron chi connectivity index (χ3n) is 1.88. The van der Waals surface area contributed by atoms with E-state index in [4.69, 9.17) is 14.6 Å². The fourth-order valence-corrected chi connectivity index (χ4v) is 1.23. The van der Waals surface area contributed by atoms with Crippen molar-refractivity contribution >= 4 is 0 Å². The Kier molecular flexibility index (Phi) is 2.81. The lowest BCUT2D eigenvalue weighted by Crippen LogP contribution is -2.46. The molecule has 0 aromatic rings. The van der Waals surface area contributed by atoms with Gasteiger partial charge in [-0.25, -0.2) is 4.39 Å². The van der Waals surface area contributed by atoms with Crippen molar-refractivity contribution in [3.63, 3.8) is 0 Å². The van der Waals surface area contributed by atoms with E-state index < -0.39 is 18.6 Å². The number of rotatable bonds is 1. The molecule has 1 aliphatic rings. The fraction of sp³-hybridized carbons (Fsp3) is 1.00. The Morgan fingerprint density at radius 3 is 2.82 bits per heavy atom. The van der Waals surface area contributed by atoms with Gasteiger partial charge in [0.1, 0.15) is 6.10 Å². The molecule has 0 spiro atoms. The van der Waals surface area contributed by atoms with Crippen LogP contribution in [0.5, 0.6) is 0 Å². The summed E-state index contributed by atoms with van der Waals surface area (Å²) in [4.78, 5) is 0. The zero-order valence-electron chi connectivity index (χ0n) is 6.66. The van der Waals surface area contributed by atoms with Crippen LogP contribution in [0.1, 0.15) is 13.3 Å². The van der Waals surface area contributed by atoms with Crippen LogP contribution in [0.25, 0.3) is 0 Å². The highest BCUT2D eigenvalue weighted by Gasteiger charge is 2.36. The van der Waals surface area contributed by atoms with Gasteiger partial charge in [-0.15, -0.1) is 0 Å². The van der Waals surface area contributed by atoms with Crippen LogP contribution in [0.2, 0.25) is 0 Å². The molecule has 0 bridgehead atoms. The summed E-state index contributed by atoms with van der Waals surface area (Å²) in [6, 6.07) is 0. The third-order valence-corrected chi connectivity index (χ3v) is 1.88. The van der Waals surface area contributed by atoms with Gasteiger partial charge in [-0.05, 0) is 6.92 Å². The van der Waals surface area contributed by atoms with Crippen molar-refractivity contribution in [2.24, 2.45) is 0 Å². The highest BCUT2D eigenvalue weighted by Crippen LogP contribution is 2.22. The molecule has 66 valence electrons. The number of ether oxygens (including phenoxy) is 2. The SMILES string of the molecule is COC1CC(C)OC(F)C1O. The normalized spacial score (nSPS) is 45.8. The minimum absolute atomic E-state index is 0.182. The molecule has 4 heteroatoms. The van der Waals surface area contributed by atoms with Crippen molar-refractivity contribution in [2.75, 3.05) is 7.11 Å². The number of aliphatic hydroxyl groups is 1. The smallest absolute Gasteiger partial charge is 0.227 e. The molecule has 3 nitrogen and oxygen atoms in total. The molecule has 0 aliphatic carbocycles. The zero-order valence-corrected chi connectivity index (χ0v) is 6.66. The largest absolute Gasteiger partial charge is 0.385 e. The van der Waals surface area contributed by atoms with Crippen molar-refractivity contribution in [3.05, 3.63) is 0 Å². The first-order valence-electron chi connectivity index (χ1n) is 3.65. The highest BCUT2D eigenvalue weighted by molar-refractivity contribution is 4.79. The predicted octanol–water partition coefficient (Wildman–Crippen LogP) is 0.467. The van der Waals surface area contributed by atoms with Gasteiger partial charge in [-0.2, -0.15) is 0 Å². The van der Waals surface area contributed by atoms with Crippen molar-refractivity contribution in [1.29, 1.82) is 0 Å². The topological polar surface area (TPSA) is 38.7 Å². The van der Waals surface area contributed by atoms with Gasteiger partial charge in [0.15, 0.2) is 0 Å². The Bertz CT molecular complexity index is 131. The molecule has 0 radical (unpaired) electrons. The van der Waals surface area contributed by atoms with Crippen LogP contribution in [0.3, 0.4) is 0 Å². The van der Waals surface area contributed by atoms with Gasteiger partial charge in [0.2, 0.25) is 6.36 Å². The van der Waals surface area contributed by atoms with E-state index in [2.05, 4.69) is 0 Å². The maximum atomic E-state index is 12.7. The second-order valence-corrected chi connectivity index (χ2v) is 2.80. The number of hydrogen-bond donors (Lipinski definition) is 1. The van der Waals surface area contributed by atoms with Crippen molar-refractivity contribution in [3.8, 4) is 0 Å². The molecule has 0 amide bonds. The molecule has 0 saturated carbocycles. The minimum Gasteiger partial charge on any atom is -0.385 e. The lowest BCUT2D eigenvalue weighted by Gasteiger charge is -2.33. The van der Waals surface area contributed by atoms with Crippen LogP contribution in [-0.2, 0) is 9.47 Å². The Balaban J connectivity index is 2.51. The van der Waals surface area contributed by atoms with Gasteiger partial charge in [0, 0.05) is 13.5 Å². The summed E-state index contributed by atoms with van der Waals surface area (Å²) in [5.74, 6) is 0. The summed E-state index contributed by atoms with van der Waals surface area (Å²) in [5.41, 5.74) is 0. The van der Waals surface area contributed by atoms with Gasteiger partial charge in [-0.1, -0.05) is 0 Å². The third kappa shape index (κ3) is 1.89. The molecular weight excluding hydrogens is 151 g/mol. The Hall–Kier alpha value is -0.190. The Morgan fingerprint density at radius 1 is 1.64 bits per heavy atom. The van der Waals surface area contributed by atoms with Crippen LogP contribution in [-0.4, -0.2) is 36.9 Å². The first kappa shape index (κ1) is 8.90. The quantitative estimate of drug-likeness (QED) is 0.612. The lowest BCUT2D eigenvalue weighted by atomic mass is 10.0. The number of methoxy groups -OCH3 is 1. The van der Waals surface area contributed by atoms with E-state index in [0.29, 0.717) is 6.42 Å². The van der Waals surface area contributed by atoms with E-state index in [9.17, 15) is 4.39 Å². The van der Waals surface area contributed by atoms with Crippen LogP contribution in [0, 0.1) is 0 Å². The standard InChI is InChI=1S/C7H13FO3/c1-4-3-5(10-2)6(9)7(8)11-4/h4-7,9H,3H2,1-2H3. The van der Waals surface area contributed by atoms with E-state index in [1.807, 2.05) is 0 Å². The number of alkyl halides is 1. The molecule has 1 heterocycles. The van der Waals surface area contributed by atoms with Crippen LogP contribution < -0.4 is 0 Å². The summed E-state index contributed by atoms with van der Waals surface area (Å²) in [6.45, 7) is 1.75. The molecule has 4 unspecified atom stereocenters. The van der Waals surface area contributed by atoms with Gasteiger partial charge in [0.25, 0.3) is 0 Å². The molecular formula is C7H13FO3. The van der Waals surface area contributed by atoms with Crippen LogP contribution >= 0.6 is 0 Å².